The van der Waals surface area contributed by atoms with E-state index < -0.39 is 5.96 Å². The van der Waals surface area contributed by atoms with Gasteiger partial charge in [0.25, 0.3) is 0 Å². The Hall–Kier alpha value is -1.10. The second-order valence-corrected chi connectivity index (χ2v) is 12.4. The predicted octanol–water partition coefficient (Wildman–Crippen LogP) is 4.30. The van der Waals surface area contributed by atoms with E-state index in [4.69, 9.17) is 11.2 Å². The van der Waals surface area contributed by atoms with Gasteiger partial charge in [-0.25, -0.2) is 0 Å². The van der Waals surface area contributed by atoms with Crippen molar-refractivity contribution in [1.82, 2.24) is 0 Å². The summed E-state index contributed by atoms with van der Waals surface area (Å²) in [5.74, 6) is -2.90. The number of hydrogen-bond donors (Lipinski definition) is 0. The van der Waals surface area contributed by atoms with E-state index in [0.29, 0.717) is 0 Å². The first-order valence-corrected chi connectivity index (χ1v) is 10.6. The van der Waals surface area contributed by atoms with E-state index in [9.17, 15) is 0 Å². The van der Waals surface area contributed by atoms with Gasteiger partial charge in [-0.1, -0.05) is 0 Å². The maximum absolute atomic E-state index is 7.50. The second-order valence-electron chi connectivity index (χ2n) is 5.44. The van der Waals surface area contributed by atoms with Gasteiger partial charge in [-0.2, -0.15) is 0 Å². The average Bonchev–Trinajstić information content (AvgIpc) is 2.57. The molecule has 0 aliphatic carbocycles. The van der Waals surface area contributed by atoms with Crippen LogP contribution in [0.2, 0.25) is 0 Å². The Morgan fingerprint density at radius 1 is 0.545 bits per heavy atom. The summed E-state index contributed by atoms with van der Waals surface area (Å²) in [4.78, 5) is 0. The molecule has 22 heavy (non-hydrogen) atoms. The van der Waals surface area contributed by atoms with E-state index in [1.54, 1.807) is 0 Å². The number of benzene rings is 3. The minimum atomic E-state index is -2.90. The molecule has 0 atom stereocenters. The van der Waals surface area contributed by atoms with Crippen LogP contribution in [0.1, 0.15) is 0 Å². The summed E-state index contributed by atoms with van der Waals surface area (Å²) < 4.78 is 0. The third-order valence-electron chi connectivity index (χ3n) is 4.11. The molecule has 0 saturated carbocycles. The molecule has 0 spiro atoms. The minimum absolute atomic E-state index is 0. The van der Waals surface area contributed by atoms with Crippen molar-refractivity contribution < 1.29 is 17.1 Å². The summed E-state index contributed by atoms with van der Waals surface area (Å²) in [6.45, 7) is 2.22. The second kappa shape index (κ2) is 6.57. The Bertz CT molecular complexity index is 624. The normalized spacial score (nSPS) is 12.7. The van der Waals surface area contributed by atoms with Gasteiger partial charge in [0.1, 0.15) is 0 Å². The van der Waals surface area contributed by atoms with Crippen molar-refractivity contribution in [3.05, 3.63) is 91.0 Å². The van der Waals surface area contributed by atoms with Crippen molar-refractivity contribution in [3.8, 4) is 0 Å². The molecule has 0 heterocycles. The molecule has 1 radical (unpaired) electrons. The van der Waals surface area contributed by atoms with Crippen LogP contribution >= 0.6 is 17.2 Å². The number of rotatable bonds is 3. The zero-order valence-corrected chi connectivity index (χ0v) is 15.2. The Labute approximate surface area is 147 Å². The van der Waals surface area contributed by atoms with Crippen molar-refractivity contribution in [2.24, 2.45) is 0 Å². The molecular formula is C19H18ClMnP. The average molecular weight is 368 g/mol. The van der Waals surface area contributed by atoms with Crippen LogP contribution < -0.4 is 15.9 Å². The molecule has 113 valence electrons. The van der Waals surface area contributed by atoms with Gasteiger partial charge < -0.3 is 0 Å². The van der Waals surface area contributed by atoms with Crippen LogP contribution in [0.4, 0.5) is 0 Å². The molecule has 0 fully saturated rings. The summed E-state index contributed by atoms with van der Waals surface area (Å²) in [5.41, 5.74) is 0. The van der Waals surface area contributed by atoms with Crippen molar-refractivity contribution in [1.29, 1.82) is 0 Å². The van der Waals surface area contributed by atoms with E-state index in [1.807, 2.05) is 18.2 Å². The van der Waals surface area contributed by atoms with Gasteiger partial charge in [-0.05, 0) is 0 Å². The van der Waals surface area contributed by atoms with Crippen LogP contribution in [0.3, 0.4) is 0 Å². The summed E-state index contributed by atoms with van der Waals surface area (Å²) >= 11 is 7.50. The first kappa shape index (κ1) is 17.3. The predicted molar refractivity (Wildman–Crippen MR) is 96.9 cm³/mol. The minimum Gasteiger partial charge on any atom is 0 e. The Morgan fingerprint density at radius 2 is 0.773 bits per heavy atom. The molecule has 3 aromatic rings. The quantitative estimate of drug-likeness (QED) is 0.478. The maximum atomic E-state index is 7.50. The van der Waals surface area contributed by atoms with Crippen LogP contribution in [0, 0.1) is 0 Å². The van der Waals surface area contributed by atoms with E-state index in [-0.39, 0.29) is 17.1 Å². The Morgan fingerprint density at radius 3 is 1.00 bits per heavy atom. The first-order chi connectivity index (χ1) is 10.1. The molecule has 0 amide bonds. The molecule has 3 rings (SSSR count). The largest absolute Gasteiger partial charge is 0 e. The fourth-order valence-corrected chi connectivity index (χ4v) is 7.35. The fraction of sp³-hybridized carbons (Fsp3) is 0.0526. The zero-order valence-electron chi connectivity index (χ0n) is 12.4. The molecule has 3 aromatic carbocycles. The summed E-state index contributed by atoms with van der Waals surface area (Å²) in [7, 11) is 0. The van der Waals surface area contributed by atoms with E-state index in [2.05, 4.69) is 79.5 Å². The van der Waals surface area contributed by atoms with Crippen LogP contribution in [0.15, 0.2) is 91.0 Å². The van der Waals surface area contributed by atoms with Gasteiger partial charge >= 0.3 is 131 Å². The molecule has 0 saturated heterocycles. The standard InChI is InChI=1S/C19H18ClP.Mn/c1-21(20,17-11-5-2-6-12-17,18-13-7-3-8-14-18)19-15-9-4-10-16-19;/h2-16H,1H3;. The molecule has 0 N–H and O–H groups in total. The molecule has 3 heteroatoms. The van der Waals surface area contributed by atoms with Gasteiger partial charge in [0, 0.05) is 17.1 Å². The molecule has 0 aromatic heterocycles. The van der Waals surface area contributed by atoms with Gasteiger partial charge in [0.15, 0.2) is 0 Å². The zero-order chi connectivity index (χ0) is 14.8. The SMILES string of the molecule is CP(Cl)(c1ccccc1)(c1ccccc1)c1ccccc1.[Mn]. The van der Waals surface area contributed by atoms with Gasteiger partial charge in [-0.3, -0.25) is 0 Å². The topological polar surface area (TPSA) is 0 Å². The Balaban J connectivity index is 0.00000176. The monoisotopic (exact) mass is 367 g/mol. The van der Waals surface area contributed by atoms with Crippen molar-refractivity contribution in [3.63, 3.8) is 0 Å². The van der Waals surface area contributed by atoms with Crippen LogP contribution in [0.25, 0.3) is 0 Å². The molecule has 0 bridgehead atoms. The van der Waals surface area contributed by atoms with E-state index in [1.165, 1.54) is 15.9 Å². The smallest absolute Gasteiger partial charge is 0 e. The maximum Gasteiger partial charge on any atom is 0 e. The van der Waals surface area contributed by atoms with E-state index in [0.717, 1.165) is 0 Å². The summed E-state index contributed by atoms with van der Waals surface area (Å²) in [6.07, 6.45) is 0. The molecular weight excluding hydrogens is 350 g/mol. The van der Waals surface area contributed by atoms with Crippen molar-refractivity contribution in [2.45, 2.75) is 0 Å². The van der Waals surface area contributed by atoms with Gasteiger partial charge in [-0.15, -0.1) is 0 Å². The van der Waals surface area contributed by atoms with Gasteiger partial charge in [0.2, 0.25) is 0 Å². The van der Waals surface area contributed by atoms with Crippen molar-refractivity contribution >= 4 is 33.1 Å². The third kappa shape index (κ3) is 2.75. The Kier molecular flexibility index (Phi) is 5.15. The summed E-state index contributed by atoms with van der Waals surface area (Å²) in [6, 6.07) is 31.4. The molecule has 0 unspecified atom stereocenters. The molecule has 0 aliphatic heterocycles. The van der Waals surface area contributed by atoms with Crippen molar-refractivity contribution in [2.75, 3.05) is 6.66 Å². The fourth-order valence-electron chi connectivity index (χ4n) is 2.79. The number of halogens is 1. The van der Waals surface area contributed by atoms with Crippen LogP contribution in [0.5, 0.6) is 0 Å². The molecule has 0 aliphatic rings. The third-order valence-corrected chi connectivity index (χ3v) is 10.4. The van der Waals surface area contributed by atoms with Crippen LogP contribution in [-0.2, 0) is 17.1 Å². The summed E-state index contributed by atoms with van der Waals surface area (Å²) in [5, 5.41) is 3.59. The first-order valence-electron chi connectivity index (χ1n) is 7.02. The van der Waals surface area contributed by atoms with Gasteiger partial charge in [0.05, 0.1) is 0 Å². The molecule has 0 nitrogen and oxygen atoms in total. The van der Waals surface area contributed by atoms with Crippen LogP contribution in [-0.4, -0.2) is 6.66 Å². The van der Waals surface area contributed by atoms with E-state index >= 15 is 0 Å². The number of hydrogen-bond acceptors (Lipinski definition) is 0.